The Balaban J connectivity index is 2.05. The van der Waals surface area contributed by atoms with Crippen LogP contribution < -0.4 is 10.9 Å². The molecule has 1 aromatic rings. The number of hydrogen-bond acceptors (Lipinski definition) is 3. The van der Waals surface area contributed by atoms with E-state index in [-0.39, 0.29) is 5.56 Å². The van der Waals surface area contributed by atoms with Gasteiger partial charge in [0, 0.05) is 6.54 Å². The van der Waals surface area contributed by atoms with E-state index in [0.29, 0.717) is 9.89 Å². The maximum absolute atomic E-state index is 11.2. The summed E-state index contributed by atoms with van der Waals surface area (Å²) in [6.45, 7) is 3.13. The summed E-state index contributed by atoms with van der Waals surface area (Å²) in [5.74, 6) is 0. The Hall–Kier alpha value is -0.840. The van der Waals surface area contributed by atoms with E-state index in [1.54, 1.807) is 6.20 Å². The third kappa shape index (κ3) is 2.22. The number of H-pyrrole nitrogens is 1. The number of anilines is 1. The van der Waals surface area contributed by atoms with Gasteiger partial charge in [-0.3, -0.25) is 4.79 Å². The minimum absolute atomic E-state index is 0.193. The first kappa shape index (κ1) is 10.7. The molecule has 15 heavy (non-hydrogen) atoms. The van der Waals surface area contributed by atoms with Crippen molar-refractivity contribution in [2.24, 2.45) is 5.41 Å². The van der Waals surface area contributed by atoms with Crippen molar-refractivity contribution in [2.75, 3.05) is 11.9 Å². The molecule has 1 heterocycles. The van der Waals surface area contributed by atoms with Crippen molar-refractivity contribution >= 4 is 21.6 Å². The topological polar surface area (TPSA) is 57.8 Å². The van der Waals surface area contributed by atoms with Gasteiger partial charge in [0.1, 0.15) is 4.47 Å². The molecule has 0 aliphatic heterocycles. The minimum atomic E-state index is -0.193. The van der Waals surface area contributed by atoms with Gasteiger partial charge in [-0.15, -0.1) is 0 Å². The van der Waals surface area contributed by atoms with Gasteiger partial charge in [0.25, 0.3) is 5.56 Å². The van der Waals surface area contributed by atoms with Gasteiger partial charge >= 0.3 is 0 Å². The summed E-state index contributed by atoms with van der Waals surface area (Å²) >= 11 is 3.24. The van der Waals surface area contributed by atoms with Crippen LogP contribution in [0.15, 0.2) is 15.5 Å². The Bertz CT molecular complexity index is 411. The van der Waals surface area contributed by atoms with Crippen LogP contribution in [0.1, 0.15) is 26.2 Å². The van der Waals surface area contributed by atoms with E-state index < -0.39 is 0 Å². The number of hydrogen-bond donors (Lipinski definition) is 2. The molecular formula is C10H14BrN3O. The predicted octanol–water partition coefficient (Wildman–Crippen LogP) is 2.13. The average Bonchev–Trinajstić information content (AvgIpc) is 3.01. The molecule has 1 fully saturated rings. The molecule has 1 aliphatic carbocycles. The number of halogens is 1. The van der Waals surface area contributed by atoms with E-state index in [1.807, 2.05) is 0 Å². The fourth-order valence-corrected chi connectivity index (χ4v) is 1.95. The van der Waals surface area contributed by atoms with Crippen LogP contribution in [0.2, 0.25) is 0 Å². The Kier molecular flexibility index (Phi) is 2.82. The summed E-state index contributed by atoms with van der Waals surface area (Å²) in [5.41, 5.74) is 1.04. The first-order chi connectivity index (χ1) is 7.17. The second-order valence-corrected chi connectivity index (χ2v) is 4.93. The molecule has 0 aromatic carbocycles. The van der Waals surface area contributed by atoms with Gasteiger partial charge in [-0.05, 0) is 40.6 Å². The predicted molar refractivity (Wildman–Crippen MR) is 63.0 cm³/mol. The van der Waals surface area contributed by atoms with Crippen LogP contribution >= 0.6 is 15.9 Å². The highest BCUT2D eigenvalue weighted by Gasteiger charge is 2.40. The van der Waals surface area contributed by atoms with Crippen molar-refractivity contribution < 1.29 is 0 Å². The number of nitrogens with one attached hydrogen (secondary N) is 2. The van der Waals surface area contributed by atoms with E-state index in [9.17, 15) is 4.79 Å². The van der Waals surface area contributed by atoms with Gasteiger partial charge in [-0.2, -0.15) is 5.10 Å². The Morgan fingerprint density at radius 3 is 3.00 bits per heavy atom. The SMILES string of the molecule is CCC1(CNc2cn[nH]c(=O)c2Br)CC1. The lowest BCUT2D eigenvalue weighted by molar-refractivity contribution is 0.521. The Morgan fingerprint density at radius 1 is 1.67 bits per heavy atom. The van der Waals surface area contributed by atoms with Gasteiger partial charge in [-0.25, -0.2) is 5.10 Å². The summed E-state index contributed by atoms with van der Waals surface area (Å²) in [6, 6.07) is 0. The van der Waals surface area contributed by atoms with Crippen molar-refractivity contribution in [3.8, 4) is 0 Å². The molecule has 0 spiro atoms. The number of aromatic amines is 1. The van der Waals surface area contributed by atoms with Gasteiger partial charge in [-0.1, -0.05) is 6.92 Å². The first-order valence-electron chi connectivity index (χ1n) is 5.14. The average molecular weight is 272 g/mol. The van der Waals surface area contributed by atoms with Crippen LogP contribution in [0, 0.1) is 5.41 Å². The molecular weight excluding hydrogens is 258 g/mol. The molecule has 4 nitrogen and oxygen atoms in total. The summed E-state index contributed by atoms with van der Waals surface area (Å²) in [6.07, 6.45) is 5.39. The molecule has 0 saturated heterocycles. The highest BCUT2D eigenvalue weighted by molar-refractivity contribution is 9.10. The van der Waals surface area contributed by atoms with Crippen molar-refractivity contribution in [1.82, 2.24) is 10.2 Å². The van der Waals surface area contributed by atoms with E-state index >= 15 is 0 Å². The van der Waals surface area contributed by atoms with E-state index in [1.165, 1.54) is 19.3 Å². The molecule has 82 valence electrons. The van der Waals surface area contributed by atoms with Gasteiger partial charge in [0.2, 0.25) is 0 Å². The van der Waals surface area contributed by atoms with Crippen LogP contribution in [0.5, 0.6) is 0 Å². The molecule has 5 heteroatoms. The quantitative estimate of drug-likeness (QED) is 0.882. The molecule has 0 bridgehead atoms. The molecule has 0 amide bonds. The normalized spacial score (nSPS) is 17.5. The smallest absolute Gasteiger partial charge is 0.280 e. The molecule has 0 atom stereocenters. The molecule has 2 rings (SSSR count). The second kappa shape index (κ2) is 3.96. The maximum atomic E-state index is 11.2. The first-order valence-corrected chi connectivity index (χ1v) is 5.93. The summed E-state index contributed by atoms with van der Waals surface area (Å²) < 4.78 is 0.532. The number of aromatic nitrogens is 2. The third-order valence-corrected chi connectivity index (χ3v) is 3.94. The van der Waals surface area contributed by atoms with E-state index in [2.05, 4.69) is 38.4 Å². The second-order valence-electron chi connectivity index (χ2n) is 4.13. The van der Waals surface area contributed by atoms with Gasteiger partial charge < -0.3 is 5.32 Å². The molecule has 2 N–H and O–H groups in total. The van der Waals surface area contributed by atoms with Crippen molar-refractivity contribution in [3.05, 3.63) is 21.0 Å². The van der Waals surface area contributed by atoms with Crippen LogP contribution in [0.3, 0.4) is 0 Å². The lowest BCUT2D eigenvalue weighted by Crippen LogP contribution is -2.18. The highest BCUT2D eigenvalue weighted by atomic mass is 79.9. The summed E-state index contributed by atoms with van der Waals surface area (Å²) in [5, 5.41) is 9.41. The lowest BCUT2D eigenvalue weighted by Gasteiger charge is -2.14. The minimum Gasteiger partial charge on any atom is -0.382 e. The Morgan fingerprint density at radius 2 is 2.40 bits per heavy atom. The fraction of sp³-hybridized carbons (Fsp3) is 0.600. The van der Waals surface area contributed by atoms with Crippen molar-refractivity contribution in [3.63, 3.8) is 0 Å². The van der Waals surface area contributed by atoms with Gasteiger partial charge in [0.15, 0.2) is 0 Å². The third-order valence-electron chi connectivity index (χ3n) is 3.16. The van der Waals surface area contributed by atoms with Crippen molar-refractivity contribution in [2.45, 2.75) is 26.2 Å². The zero-order chi connectivity index (χ0) is 10.9. The Labute approximate surface area is 96.6 Å². The van der Waals surface area contributed by atoms with E-state index in [0.717, 1.165) is 12.2 Å². The zero-order valence-corrected chi connectivity index (χ0v) is 10.2. The summed E-state index contributed by atoms with van der Waals surface area (Å²) in [7, 11) is 0. The van der Waals surface area contributed by atoms with Crippen LogP contribution in [0.4, 0.5) is 5.69 Å². The fourth-order valence-electron chi connectivity index (χ4n) is 1.62. The van der Waals surface area contributed by atoms with Gasteiger partial charge in [0.05, 0.1) is 11.9 Å². The molecule has 1 saturated carbocycles. The number of rotatable bonds is 4. The largest absolute Gasteiger partial charge is 0.382 e. The molecule has 0 radical (unpaired) electrons. The lowest BCUT2D eigenvalue weighted by atomic mass is 10.0. The zero-order valence-electron chi connectivity index (χ0n) is 8.64. The number of nitrogens with zero attached hydrogens (tertiary/aromatic N) is 1. The molecule has 1 aromatic heterocycles. The van der Waals surface area contributed by atoms with Crippen LogP contribution in [-0.2, 0) is 0 Å². The van der Waals surface area contributed by atoms with Crippen molar-refractivity contribution in [1.29, 1.82) is 0 Å². The van der Waals surface area contributed by atoms with Crippen LogP contribution in [0.25, 0.3) is 0 Å². The standard InChI is InChI=1S/C10H14BrN3O/c1-2-10(3-4-10)6-12-7-5-13-14-9(15)8(7)11/h5H,2-4,6H2,1H3,(H2,12,14,15). The summed E-state index contributed by atoms with van der Waals surface area (Å²) in [4.78, 5) is 11.2. The molecule has 1 aliphatic rings. The molecule has 0 unspecified atom stereocenters. The van der Waals surface area contributed by atoms with E-state index in [4.69, 9.17) is 0 Å². The monoisotopic (exact) mass is 271 g/mol. The maximum Gasteiger partial charge on any atom is 0.280 e. The highest BCUT2D eigenvalue weighted by Crippen LogP contribution is 2.48. The van der Waals surface area contributed by atoms with Crippen LogP contribution in [-0.4, -0.2) is 16.7 Å².